The van der Waals surface area contributed by atoms with Gasteiger partial charge in [0.15, 0.2) is 12.2 Å². The Labute approximate surface area is 121 Å². The summed E-state index contributed by atoms with van der Waals surface area (Å²) in [5.74, 6) is -1.19. The number of ether oxygens (including phenoxy) is 3. The van der Waals surface area contributed by atoms with Gasteiger partial charge in [-0.2, -0.15) is 0 Å². The van der Waals surface area contributed by atoms with Crippen molar-refractivity contribution in [1.82, 2.24) is 0 Å². The molecule has 0 bridgehead atoms. The van der Waals surface area contributed by atoms with Gasteiger partial charge in [-0.3, -0.25) is 0 Å². The van der Waals surface area contributed by atoms with Gasteiger partial charge in [-0.05, 0) is 18.4 Å². The van der Waals surface area contributed by atoms with Crippen molar-refractivity contribution in [2.45, 2.75) is 18.9 Å². The quantitative estimate of drug-likeness (QED) is 0.614. The lowest BCUT2D eigenvalue weighted by Crippen LogP contribution is -2.34. The Morgan fingerprint density at radius 1 is 1.55 bits per heavy atom. The van der Waals surface area contributed by atoms with E-state index >= 15 is 0 Å². The minimum absolute atomic E-state index is 0.245. The highest BCUT2D eigenvalue weighted by Gasteiger charge is 2.41. The van der Waals surface area contributed by atoms with Gasteiger partial charge in [0.2, 0.25) is 0 Å². The van der Waals surface area contributed by atoms with Crippen molar-refractivity contribution in [1.29, 1.82) is 0 Å². The predicted molar refractivity (Wildman–Crippen MR) is 73.3 cm³/mol. The van der Waals surface area contributed by atoms with Crippen molar-refractivity contribution in [3.63, 3.8) is 0 Å². The molecule has 1 saturated heterocycles. The van der Waals surface area contributed by atoms with E-state index in [4.69, 9.17) is 14.2 Å². The van der Waals surface area contributed by atoms with E-state index < -0.39 is 24.1 Å². The zero-order valence-corrected chi connectivity index (χ0v) is 12.0. The molecule has 2 heterocycles. The van der Waals surface area contributed by atoms with Gasteiger partial charge in [-0.1, -0.05) is 12.6 Å². The third kappa shape index (κ3) is 3.26. The van der Waals surface area contributed by atoms with E-state index in [-0.39, 0.29) is 5.57 Å². The second kappa shape index (κ2) is 6.19. The van der Waals surface area contributed by atoms with Gasteiger partial charge in [0.05, 0.1) is 18.1 Å². The maximum absolute atomic E-state index is 11.8. The molecule has 1 aliphatic heterocycles. The van der Waals surface area contributed by atoms with Crippen LogP contribution in [0.4, 0.5) is 0 Å². The number of carbonyl (C=O) groups excluding carboxylic acids is 2. The topological polar surface area (TPSA) is 61.8 Å². The molecular formula is C14H16O5S. The summed E-state index contributed by atoms with van der Waals surface area (Å²) >= 11 is 1.51. The summed E-state index contributed by atoms with van der Waals surface area (Å²) < 4.78 is 15.7. The summed E-state index contributed by atoms with van der Waals surface area (Å²) in [6.07, 6.45) is 0.605. The van der Waals surface area contributed by atoms with Crippen molar-refractivity contribution in [2.24, 2.45) is 0 Å². The van der Waals surface area contributed by atoms with E-state index in [0.29, 0.717) is 19.6 Å². The molecule has 0 aromatic carbocycles. The van der Waals surface area contributed by atoms with Gasteiger partial charge in [0, 0.05) is 12.0 Å². The molecule has 2 rings (SSSR count). The summed E-state index contributed by atoms with van der Waals surface area (Å²) in [4.78, 5) is 24.0. The molecule has 0 saturated carbocycles. The molecule has 20 heavy (non-hydrogen) atoms. The fourth-order valence-electron chi connectivity index (χ4n) is 1.90. The van der Waals surface area contributed by atoms with Gasteiger partial charge < -0.3 is 14.2 Å². The number of thiophene rings is 1. The second-order valence-corrected chi connectivity index (χ2v) is 5.55. The molecule has 6 heteroatoms. The molecule has 5 nitrogen and oxygen atoms in total. The maximum Gasteiger partial charge on any atom is 0.345 e. The molecule has 0 radical (unpaired) electrons. The lowest BCUT2D eigenvalue weighted by Gasteiger charge is -2.26. The number of esters is 2. The molecule has 1 unspecified atom stereocenters. The van der Waals surface area contributed by atoms with E-state index in [9.17, 15) is 9.59 Å². The zero-order chi connectivity index (χ0) is 14.6. The van der Waals surface area contributed by atoms with Crippen LogP contribution in [0.2, 0.25) is 0 Å². The molecule has 1 atom stereocenters. The molecule has 0 amide bonds. The van der Waals surface area contributed by atoms with Gasteiger partial charge in [-0.25, -0.2) is 9.59 Å². The number of hydrogen-bond donors (Lipinski definition) is 0. The number of carbonyl (C=O) groups is 2. The molecule has 1 aliphatic rings. The standard InChI is InChI=1S/C14H16O5S/c1-10(2)13(16)18-8-12(15)19-14(5-6-17-9-14)11-4-3-7-20-11/h3-4,7H,1,5-6,8-9H2,2H3. The van der Waals surface area contributed by atoms with Crippen LogP contribution >= 0.6 is 11.3 Å². The summed E-state index contributed by atoms with van der Waals surface area (Å²) in [5, 5.41) is 1.92. The molecule has 108 valence electrons. The van der Waals surface area contributed by atoms with Crippen molar-refractivity contribution in [2.75, 3.05) is 19.8 Å². The Morgan fingerprint density at radius 3 is 2.90 bits per heavy atom. The Morgan fingerprint density at radius 2 is 2.35 bits per heavy atom. The monoisotopic (exact) mass is 296 g/mol. The summed E-state index contributed by atoms with van der Waals surface area (Å²) in [6.45, 7) is 5.41. The highest BCUT2D eigenvalue weighted by atomic mass is 32.1. The third-order valence-electron chi connectivity index (χ3n) is 2.93. The Bertz CT molecular complexity index is 500. The van der Waals surface area contributed by atoms with Crippen LogP contribution in [0.25, 0.3) is 0 Å². The predicted octanol–water partition coefficient (Wildman–Crippen LogP) is 2.03. The Kier molecular flexibility index (Phi) is 4.57. The summed E-state index contributed by atoms with van der Waals surface area (Å²) in [6, 6.07) is 3.81. The average Bonchev–Trinajstić information content (AvgIpc) is 3.06. The molecule has 1 fully saturated rings. The van der Waals surface area contributed by atoms with E-state index in [2.05, 4.69) is 6.58 Å². The first-order valence-corrected chi connectivity index (χ1v) is 7.08. The van der Waals surface area contributed by atoms with E-state index in [1.165, 1.54) is 18.3 Å². The second-order valence-electron chi connectivity index (χ2n) is 4.60. The van der Waals surface area contributed by atoms with Crippen LogP contribution in [0.15, 0.2) is 29.7 Å². The smallest absolute Gasteiger partial charge is 0.345 e. The number of hydrogen-bond acceptors (Lipinski definition) is 6. The molecule has 1 aromatic heterocycles. The van der Waals surface area contributed by atoms with Crippen LogP contribution in [0.3, 0.4) is 0 Å². The highest BCUT2D eigenvalue weighted by Crippen LogP contribution is 2.37. The Balaban J connectivity index is 1.97. The van der Waals surface area contributed by atoms with Gasteiger partial charge >= 0.3 is 11.9 Å². The molecule has 0 aliphatic carbocycles. The normalized spacial score (nSPS) is 21.4. The first-order chi connectivity index (χ1) is 9.53. The fraction of sp³-hybridized carbons (Fsp3) is 0.429. The molecule has 1 aromatic rings. The lowest BCUT2D eigenvalue weighted by molar-refractivity contribution is -0.169. The van der Waals surface area contributed by atoms with Gasteiger partial charge in [-0.15, -0.1) is 11.3 Å². The van der Waals surface area contributed by atoms with E-state index in [1.54, 1.807) is 0 Å². The Hall–Kier alpha value is -1.66. The minimum atomic E-state index is -0.749. The van der Waals surface area contributed by atoms with Crippen LogP contribution in [0.1, 0.15) is 18.2 Å². The largest absolute Gasteiger partial charge is 0.450 e. The van der Waals surface area contributed by atoms with Crippen molar-refractivity contribution >= 4 is 23.3 Å². The van der Waals surface area contributed by atoms with Crippen LogP contribution in [-0.4, -0.2) is 31.8 Å². The van der Waals surface area contributed by atoms with E-state index in [1.807, 2.05) is 17.5 Å². The van der Waals surface area contributed by atoms with Crippen molar-refractivity contribution < 1.29 is 23.8 Å². The molecule has 0 spiro atoms. The van der Waals surface area contributed by atoms with Crippen molar-refractivity contribution in [3.05, 3.63) is 34.5 Å². The lowest BCUT2D eigenvalue weighted by atomic mass is 10.0. The fourth-order valence-corrected chi connectivity index (χ4v) is 2.78. The minimum Gasteiger partial charge on any atom is -0.450 e. The first kappa shape index (κ1) is 14.7. The average molecular weight is 296 g/mol. The SMILES string of the molecule is C=C(C)C(=O)OCC(=O)OC1(c2cccs2)CCOC1. The summed E-state index contributed by atoms with van der Waals surface area (Å²) in [7, 11) is 0. The van der Waals surface area contributed by atoms with E-state index in [0.717, 1.165) is 4.88 Å². The zero-order valence-electron chi connectivity index (χ0n) is 11.2. The molecular weight excluding hydrogens is 280 g/mol. The van der Waals surface area contributed by atoms with Gasteiger partial charge in [0.1, 0.15) is 0 Å². The summed E-state index contributed by atoms with van der Waals surface area (Å²) in [5.41, 5.74) is -0.504. The first-order valence-electron chi connectivity index (χ1n) is 6.20. The van der Waals surface area contributed by atoms with Crippen molar-refractivity contribution in [3.8, 4) is 0 Å². The van der Waals surface area contributed by atoms with Crippen LogP contribution in [0.5, 0.6) is 0 Å². The van der Waals surface area contributed by atoms with Crippen LogP contribution < -0.4 is 0 Å². The van der Waals surface area contributed by atoms with Gasteiger partial charge in [0.25, 0.3) is 0 Å². The van der Waals surface area contributed by atoms with Crippen LogP contribution in [-0.2, 0) is 29.4 Å². The van der Waals surface area contributed by atoms with Crippen LogP contribution in [0, 0.1) is 0 Å². The third-order valence-corrected chi connectivity index (χ3v) is 3.99. The maximum atomic E-state index is 11.8. The molecule has 0 N–H and O–H groups in total. The number of rotatable bonds is 5. The highest BCUT2D eigenvalue weighted by molar-refractivity contribution is 7.10.